The Bertz CT molecular complexity index is 529. The molecule has 6 nitrogen and oxygen atoms in total. The summed E-state index contributed by atoms with van der Waals surface area (Å²) < 4.78 is 0. The Balaban J connectivity index is 2.63. The Morgan fingerprint density at radius 2 is 2.19 bits per heavy atom. The van der Waals surface area contributed by atoms with Crippen LogP contribution in [-0.4, -0.2) is 49.3 Å². The molecule has 2 aliphatic heterocycles. The van der Waals surface area contributed by atoms with Gasteiger partial charge in [0.05, 0.1) is 28.2 Å². The molecule has 0 aromatic carbocycles. The van der Waals surface area contributed by atoms with E-state index >= 15 is 0 Å². The van der Waals surface area contributed by atoms with Crippen molar-refractivity contribution in [1.82, 2.24) is 9.80 Å². The van der Waals surface area contributed by atoms with Crippen molar-refractivity contribution in [2.75, 3.05) is 5.45 Å². The highest BCUT2D eigenvalue weighted by Gasteiger charge is 2.52. The molecule has 116 valence electrons. The number of β-lactam (4-membered cyclic amide) rings is 1. The van der Waals surface area contributed by atoms with Crippen LogP contribution >= 0.6 is 27.7 Å². The van der Waals surface area contributed by atoms with E-state index < -0.39 is 5.97 Å². The summed E-state index contributed by atoms with van der Waals surface area (Å²) in [5.41, 5.74) is 0.259. The molecule has 1 unspecified atom stereocenters. The Morgan fingerprint density at radius 1 is 1.57 bits per heavy atom. The lowest BCUT2D eigenvalue weighted by molar-refractivity contribution is -0.146. The van der Waals surface area contributed by atoms with Crippen molar-refractivity contribution in [2.45, 2.75) is 37.8 Å². The highest BCUT2D eigenvalue weighted by molar-refractivity contribution is 9.09. The molecule has 2 rings (SSSR count). The maximum atomic E-state index is 11.8. The number of amides is 2. The second-order valence-electron chi connectivity index (χ2n) is 6.04. The SMILES string of the molecule is CC(C)(C)C1S[C@@H]2CC(=O)N2C(C(=O)O)=C1N(C=O)CBr. The van der Waals surface area contributed by atoms with Gasteiger partial charge in [-0.15, -0.1) is 11.8 Å². The van der Waals surface area contributed by atoms with Crippen LogP contribution in [0.2, 0.25) is 0 Å². The third-order valence-corrected chi connectivity index (χ3v) is 5.92. The van der Waals surface area contributed by atoms with Crippen LogP contribution in [0, 0.1) is 5.41 Å². The van der Waals surface area contributed by atoms with E-state index in [2.05, 4.69) is 15.9 Å². The van der Waals surface area contributed by atoms with Crippen molar-refractivity contribution in [3.05, 3.63) is 11.4 Å². The van der Waals surface area contributed by atoms with E-state index in [0.717, 1.165) is 0 Å². The first-order valence-electron chi connectivity index (χ1n) is 6.45. The minimum Gasteiger partial charge on any atom is -0.477 e. The van der Waals surface area contributed by atoms with Gasteiger partial charge in [0, 0.05) is 0 Å². The van der Waals surface area contributed by atoms with Crippen LogP contribution in [-0.2, 0) is 14.4 Å². The summed E-state index contributed by atoms with van der Waals surface area (Å²) in [5.74, 6) is -1.39. The van der Waals surface area contributed by atoms with E-state index in [1.807, 2.05) is 20.8 Å². The largest absolute Gasteiger partial charge is 0.477 e. The quantitative estimate of drug-likeness (QED) is 0.350. The number of thioether (sulfide) groups is 1. The topological polar surface area (TPSA) is 77.9 Å². The second kappa shape index (κ2) is 5.64. The van der Waals surface area contributed by atoms with Crippen molar-refractivity contribution in [3.8, 4) is 0 Å². The third-order valence-electron chi connectivity index (χ3n) is 3.49. The number of nitrogens with zero attached hydrogens (tertiary/aromatic N) is 2. The smallest absolute Gasteiger partial charge is 0.354 e. The molecule has 2 heterocycles. The van der Waals surface area contributed by atoms with Gasteiger partial charge < -0.3 is 10.0 Å². The first-order valence-corrected chi connectivity index (χ1v) is 8.51. The lowest BCUT2D eigenvalue weighted by Crippen LogP contribution is -2.58. The molecule has 1 fully saturated rings. The first kappa shape index (κ1) is 16.4. The molecule has 1 N–H and O–H groups in total. The Kier molecular flexibility index (Phi) is 4.39. The van der Waals surface area contributed by atoms with E-state index in [1.54, 1.807) is 11.8 Å². The Morgan fingerprint density at radius 3 is 2.57 bits per heavy atom. The molecule has 21 heavy (non-hydrogen) atoms. The maximum Gasteiger partial charge on any atom is 0.354 e. The Labute approximate surface area is 135 Å². The summed E-state index contributed by atoms with van der Waals surface area (Å²) in [5, 5.41) is 9.22. The molecule has 0 radical (unpaired) electrons. The molecular weight excluding hydrogens is 360 g/mol. The number of rotatable bonds is 4. The van der Waals surface area contributed by atoms with Crippen molar-refractivity contribution < 1.29 is 19.5 Å². The number of carbonyl (C=O) groups excluding carboxylic acids is 2. The number of carboxylic acid groups (broad SMARTS) is 1. The fourth-order valence-corrected chi connectivity index (χ4v) is 4.57. The molecule has 2 atom stereocenters. The van der Waals surface area contributed by atoms with Gasteiger partial charge in [0.2, 0.25) is 12.3 Å². The van der Waals surface area contributed by atoms with Crippen LogP contribution < -0.4 is 0 Å². The van der Waals surface area contributed by atoms with Crippen molar-refractivity contribution in [1.29, 1.82) is 0 Å². The number of carboxylic acids is 1. The predicted octanol–water partition coefficient (Wildman–Crippen LogP) is 1.81. The fourth-order valence-electron chi connectivity index (χ4n) is 2.50. The minimum atomic E-state index is -1.18. The molecule has 0 aromatic rings. The van der Waals surface area contributed by atoms with E-state index in [-0.39, 0.29) is 33.1 Å². The highest BCUT2D eigenvalue weighted by atomic mass is 79.9. The molecule has 1 saturated heterocycles. The third kappa shape index (κ3) is 2.70. The summed E-state index contributed by atoms with van der Waals surface area (Å²) in [7, 11) is 0. The summed E-state index contributed by atoms with van der Waals surface area (Å²) >= 11 is 4.75. The molecule has 0 saturated carbocycles. The molecule has 0 aromatic heterocycles. The fraction of sp³-hybridized carbons (Fsp3) is 0.615. The molecule has 2 aliphatic rings. The van der Waals surface area contributed by atoms with E-state index in [1.165, 1.54) is 9.80 Å². The van der Waals surface area contributed by atoms with Gasteiger partial charge in [0.25, 0.3) is 0 Å². The van der Waals surface area contributed by atoms with Gasteiger partial charge >= 0.3 is 5.97 Å². The van der Waals surface area contributed by atoms with Gasteiger partial charge in [-0.25, -0.2) is 4.79 Å². The van der Waals surface area contributed by atoms with Crippen LogP contribution in [0.25, 0.3) is 0 Å². The lowest BCUT2D eigenvalue weighted by Gasteiger charge is -2.50. The normalized spacial score (nSPS) is 25.3. The van der Waals surface area contributed by atoms with Gasteiger partial charge in [0.15, 0.2) is 5.70 Å². The number of halogens is 1. The van der Waals surface area contributed by atoms with Gasteiger partial charge in [0.1, 0.15) is 0 Å². The van der Waals surface area contributed by atoms with Crippen LogP contribution in [0.5, 0.6) is 0 Å². The number of aliphatic carboxylic acids is 1. The first-order chi connectivity index (χ1) is 9.72. The highest BCUT2D eigenvalue weighted by Crippen LogP contribution is 2.50. The van der Waals surface area contributed by atoms with Crippen LogP contribution in [0.1, 0.15) is 27.2 Å². The van der Waals surface area contributed by atoms with Crippen molar-refractivity contribution >= 4 is 46.0 Å². The number of alkyl halides is 1. The molecule has 0 bridgehead atoms. The minimum absolute atomic E-state index is 0.0681. The summed E-state index contributed by atoms with van der Waals surface area (Å²) in [6.07, 6.45) is 0.938. The standard InChI is InChI=1S/C13H17BrN2O4S/c1-13(2,3)11-9(15(5-14)6-17)10(12(19)20)16-7(18)4-8(16)21-11/h6,8,11H,4-5H2,1-3H3,(H,19,20)/t8-,11?/m1/s1. The summed E-state index contributed by atoms with van der Waals surface area (Å²) in [4.78, 5) is 37.4. The monoisotopic (exact) mass is 376 g/mol. The molecule has 0 spiro atoms. The summed E-state index contributed by atoms with van der Waals surface area (Å²) in [6.45, 7) is 5.99. The van der Waals surface area contributed by atoms with Crippen LogP contribution in [0.15, 0.2) is 11.4 Å². The number of hydrogen-bond donors (Lipinski definition) is 1. The lowest BCUT2D eigenvalue weighted by atomic mass is 9.88. The zero-order valence-corrected chi connectivity index (χ0v) is 14.4. The maximum absolute atomic E-state index is 11.8. The van der Waals surface area contributed by atoms with E-state index in [0.29, 0.717) is 18.5 Å². The number of hydrogen-bond acceptors (Lipinski definition) is 4. The zero-order chi connectivity index (χ0) is 15.9. The molecule has 0 aliphatic carbocycles. The zero-order valence-electron chi connectivity index (χ0n) is 12.0. The average molecular weight is 377 g/mol. The average Bonchev–Trinajstić information content (AvgIpc) is 2.37. The van der Waals surface area contributed by atoms with Crippen LogP contribution in [0.4, 0.5) is 0 Å². The van der Waals surface area contributed by atoms with Crippen molar-refractivity contribution in [3.63, 3.8) is 0 Å². The van der Waals surface area contributed by atoms with E-state index in [9.17, 15) is 19.5 Å². The molecule has 2 amide bonds. The van der Waals surface area contributed by atoms with Gasteiger partial charge in [-0.3, -0.25) is 14.5 Å². The number of fused-ring (bicyclic) bond motifs is 1. The molecule has 8 heteroatoms. The second-order valence-corrected chi connectivity index (χ2v) is 7.83. The van der Waals surface area contributed by atoms with Crippen LogP contribution in [0.3, 0.4) is 0 Å². The Hall–Kier alpha value is -1.02. The summed E-state index contributed by atoms with van der Waals surface area (Å²) in [6, 6.07) is 0. The van der Waals surface area contributed by atoms with Gasteiger partial charge in [-0.2, -0.15) is 0 Å². The predicted molar refractivity (Wildman–Crippen MR) is 82.4 cm³/mol. The van der Waals surface area contributed by atoms with E-state index in [4.69, 9.17) is 0 Å². The number of carbonyl (C=O) groups is 3. The molecular formula is C13H17BrN2O4S. The van der Waals surface area contributed by atoms with Crippen molar-refractivity contribution in [2.24, 2.45) is 5.41 Å². The van der Waals surface area contributed by atoms with Gasteiger partial charge in [-0.05, 0) is 5.41 Å². The van der Waals surface area contributed by atoms with Gasteiger partial charge in [-0.1, -0.05) is 36.7 Å².